The van der Waals surface area contributed by atoms with Gasteiger partial charge in [-0.15, -0.1) is 0 Å². The van der Waals surface area contributed by atoms with Crippen LogP contribution in [0.4, 0.5) is 4.79 Å². The van der Waals surface area contributed by atoms with E-state index >= 15 is 0 Å². The first-order valence-corrected chi connectivity index (χ1v) is 9.09. The molecule has 1 unspecified atom stereocenters. The van der Waals surface area contributed by atoms with Crippen LogP contribution in [0.3, 0.4) is 0 Å². The van der Waals surface area contributed by atoms with Crippen molar-refractivity contribution in [1.29, 1.82) is 0 Å². The van der Waals surface area contributed by atoms with E-state index in [4.69, 9.17) is 0 Å². The van der Waals surface area contributed by atoms with Gasteiger partial charge in [0.1, 0.15) is 0 Å². The van der Waals surface area contributed by atoms with Crippen molar-refractivity contribution in [2.75, 3.05) is 19.6 Å². The fourth-order valence-corrected chi connectivity index (χ4v) is 3.16. The van der Waals surface area contributed by atoms with E-state index < -0.39 is 0 Å². The van der Waals surface area contributed by atoms with Gasteiger partial charge in [0.05, 0.1) is 5.92 Å². The fourth-order valence-electron chi connectivity index (χ4n) is 3.16. The van der Waals surface area contributed by atoms with E-state index in [1.54, 1.807) is 4.90 Å². The molecule has 3 rings (SSSR count). The Labute approximate surface area is 143 Å². The van der Waals surface area contributed by atoms with Gasteiger partial charge < -0.3 is 15.5 Å². The van der Waals surface area contributed by atoms with Crippen LogP contribution in [-0.4, -0.2) is 42.5 Å². The van der Waals surface area contributed by atoms with Gasteiger partial charge in [-0.2, -0.15) is 0 Å². The van der Waals surface area contributed by atoms with Crippen LogP contribution in [0.1, 0.15) is 37.7 Å². The molecule has 0 spiro atoms. The van der Waals surface area contributed by atoms with Crippen molar-refractivity contribution >= 4 is 11.9 Å². The highest BCUT2D eigenvalue weighted by atomic mass is 16.2. The summed E-state index contributed by atoms with van der Waals surface area (Å²) in [6, 6.07) is 10.7. The number of aryl methyl sites for hydroxylation is 1. The molecule has 130 valence electrons. The van der Waals surface area contributed by atoms with Crippen LogP contribution in [0.5, 0.6) is 0 Å². The van der Waals surface area contributed by atoms with Crippen molar-refractivity contribution in [3.8, 4) is 0 Å². The molecule has 2 N–H and O–H groups in total. The van der Waals surface area contributed by atoms with Crippen LogP contribution in [0.25, 0.3) is 0 Å². The number of benzene rings is 1. The maximum absolute atomic E-state index is 12.3. The molecule has 1 aliphatic heterocycles. The van der Waals surface area contributed by atoms with Crippen molar-refractivity contribution < 1.29 is 9.59 Å². The summed E-state index contributed by atoms with van der Waals surface area (Å²) in [5.41, 5.74) is 1.30. The topological polar surface area (TPSA) is 61.4 Å². The molecule has 2 fully saturated rings. The number of rotatable bonds is 6. The molecule has 1 aliphatic carbocycles. The van der Waals surface area contributed by atoms with Crippen LogP contribution < -0.4 is 10.6 Å². The molecule has 1 aromatic carbocycles. The van der Waals surface area contributed by atoms with Gasteiger partial charge in [-0.25, -0.2) is 4.79 Å². The first-order valence-electron chi connectivity index (χ1n) is 9.09. The van der Waals surface area contributed by atoms with Gasteiger partial charge in [-0.3, -0.25) is 4.79 Å². The number of hydrogen-bond acceptors (Lipinski definition) is 2. The molecule has 1 saturated carbocycles. The van der Waals surface area contributed by atoms with Crippen molar-refractivity contribution in [3.05, 3.63) is 35.9 Å². The van der Waals surface area contributed by atoms with E-state index in [9.17, 15) is 9.59 Å². The summed E-state index contributed by atoms with van der Waals surface area (Å²) in [6.45, 7) is 2.00. The second-order valence-corrected chi connectivity index (χ2v) is 6.89. The van der Waals surface area contributed by atoms with Crippen LogP contribution >= 0.6 is 0 Å². The van der Waals surface area contributed by atoms with Crippen molar-refractivity contribution in [3.63, 3.8) is 0 Å². The van der Waals surface area contributed by atoms with Gasteiger partial charge in [-0.05, 0) is 44.1 Å². The van der Waals surface area contributed by atoms with Gasteiger partial charge in [0.2, 0.25) is 5.91 Å². The quantitative estimate of drug-likeness (QED) is 0.787. The standard InChI is InChI=1S/C19H27N3O2/c23-18(20-12-4-8-15-6-2-1-3-7-15)16-9-5-13-22(14-16)19(24)21-17-10-11-17/h1-3,6-7,16-17H,4-5,8-14H2,(H,20,23)(H,21,24). The zero-order valence-electron chi connectivity index (χ0n) is 14.2. The summed E-state index contributed by atoms with van der Waals surface area (Å²) in [5.74, 6) is 0.0208. The highest BCUT2D eigenvalue weighted by Gasteiger charge is 2.31. The lowest BCUT2D eigenvalue weighted by atomic mass is 9.97. The molecular weight excluding hydrogens is 302 g/mol. The third-order valence-electron chi connectivity index (χ3n) is 4.77. The lowest BCUT2D eigenvalue weighted by molar-refractivity contribution is -0.126. The van der Waals surface area contributed by atoms with Crippen molar-refractivity contribution in [1.82, 2.24) is 15.5 Å². The van der Waals surface area contributed by atoms with E-state index in [-0.39, 0.29) is 17.9 Å². The largest absolute Gasteiger partial charge is 0.356 e. The average molecular weight is 329 g/mol. The zero-order valence-corrected chi connectivity index (χ0v) is 14.2. The Bertz CT molecular complexity index is 557. The number of amides is 3. The minimum atomic E-state index is -0.0690. The lowest BCUT2D eigenvalue weighted by Gasteiger charge is -2.32. The molecule has 5 nitrogen and oxygen atoms in total. The number of urea groups is 1. The molecule has 3 amide bonds. The Balaban J connectivity index is 1.37. The predicted molar refractivity (Wildman–Crippen MR) is 93.6 cm³/mol. The maximum atomic E-state index is 12.3. The highest BCUT2D eigenvalue weighted by Crippen LogP contribution is 2.21. The maximum Gasteiger partial charge on any atom is 0.317 e. The van der Waals surface area contributed by atoms with Crippen LogP contribution in [-0.2, 0) is 11.2 Å². The minimum absolute atomic E-state index is 0.000854. The summed E-state index contributed by atoms with van der Waals surface area (Å²) in [5, 5.41) is 6.05. The zero-order chi connectivity index (χ0) is 16.8. The summed E-state index contributed by atoms with van der Waals surface area (Å²) >= 11 is 0. The number of nitrogens with zero attached hydrogens (tertiary/aromatic N) is 1. The van der Waals surface area contributed by atoms with Gasteiger partial charge in [0, 0.05) is 25.7 Å². The molecule has 1 saturated heterocycles. The van der Waals surface area contributed by atoms with E-state index in [0.29, 0.717) is 19.1 Å². The number of hydrogen-bond donors (Lipinski definition) is 2. The Hall–Kier alpha value is -2.04. The van der Waals surface area contributed by atoms with E-state index in [2.05, 4.69) is 22.8 Å². The smallest absolute Gasteiger partial charge is 0.317 e. The van der Waals surface area contributed by atoms with E-state index in [1.807, 2.05) is 18.2 Å². The van der Waals surface area contributed by atoms with Gasteiger partial charge in [-0.1, -0.05) is 30.3 Å². The monoisotopic (exact) mass is 329 g/mol. The molecule has 0 aromatic heterocycles. The van der Waals surface area contributed by atoms with Crippen LogP contribution in [0, 0.1) is 5.92 Å². The van der Waals surface area contributed by atoms with E-state index in [0.717, 1.165) is 45.1 Å². The molecular formula is C19H27N3O2. The highest BCUT2D eigenvalue weighted by molar-refractivity contribution is 5.81. The third kappa shape index (κ3) is 4.98. The Kier molecular flexibility index (Phi) is 5.72. The predicted octanol–water partition coefficient (Wildman–Crippen LogP) is 2.32. The van der Waals surface area contributed by atoms with Crippen LogP contribution in [0.15, 0.2) is 30.3 Å². The van der Waals surface area contributed by atoms with Crippen molar-refractivity contribution in [2.24, 2.45) is 5.92 Å². The Morgan fingerprint density at radius 1 is 1.12 bits per heavy atom. The Morgan fingerprint density at radius 2 is 1.92 bits per heavy atom. The van der Waals surface area contributed by atoms with Gasteiger partial charge in [0.25, 0.3) is 0 Å². The average Bonchev–Trinajstić information content (AvgIpc) is 3.43. The van der Waals surface area contributed by atoms with Crippen LogP contribution in [0.2, 0.25) is 0 Å². The van der Waals surface area contributed by atoms with Gasteiger partial charge in [0.15, 0.2) is 0 Å². The second kappa shape index (κ2) is 8.18. The lowest BCUT2D eigenvalue weighted by Crippen LogP contribution is -2.49. The molecule has 0 bridgehead atoms. The van der Waals surface area contributed by atoms with E-state index in [1.165, 1.54) is 5.56 Å². The summed E-state index contributed by atoms with van der Waals surface area (Å²) in [6.07, 6.45) is 5.86. The SMILES string of the molecule is O=C(NCCCc1ccccc1)C1CCCN(C(=O)NC2CC2)C1. The molecule has 2 aliphatic rings. The second-order valence-electron chi connectivity index (χ2n) is 6.89. The number of nitrogens with one attached hydrogen (secondary N) is 2. The first-order chi connectivity index (χ1) is 11.7. The number of carbonyl (C=O) groups is 2. The number of likely N-dealkylation sites (tertiary alicyclic amines) is 1. The summed E-state index contributed by atoms with van der Waals surface area (Å²) in [7, 11) is 0. The summed E-state index contributed by atoms with van der Waals surface area (Å²) < 4.78 is 0. The van der Waals surface area contributed by atoms with Gasteiger partial charge >= 0.3 is 6.03 Å². The number of piperidine rings is 1. The first kappa shape index (κ1) is 16.8. The van der Waals surface area contributed by atoms with Crippen molar-refractivity contribution in [2.45, 2.75) is 44.6 Å². The molecule has 1 heterocycles. The molecule has 24 heavy (non-hydrogen) atoms. The normalized spacial score (nSPS) is 20.5. The minimum Gasteiger partial charge on any atom is -0.356 e. The Morgan fingerprint density at radius 3 is 2.67 bits per heavy atom. The number of carbonyl (C=O) groups excluding carboxylic acids is 2. The fraction of sp³-hybridized carbons (Fsp3) is 0.579. The molecule has 0 radical (unpaired) electrons. The summed E-state index contributed by atoms with van der Waals surface area (Å²) in [4.78, 5) is 26.3. The molecule has 5 heteroatoms. The molecule has 1 aromatic rings. The third-order valence-corrected chi connectivity index (χ3v) is 4.77. The molecule has 1 atom stereocenters.